The Morgan fingerprint density at radius 3 is 2.56 bits per heavy atom. The minimum atomic E-state index is -3.49. The van der Waals surface area contributed by atoms with E-state index in [4.69, 9.17) is 0 Å². The fourth-order valence-electron chi connectivity index (χ4n) is 2.31. The zero-order valence-corrected chi connectivity index (χ0v) is 11.7. The predicted octanol–water partition coefficient (Wildman–Crippen LogP) is 0.380. The molecule has 0 aliphatic heterocycles. The van der Waals surface area contributed by atoms with Crippen molar-refractivity contribution < 1.29 is 17.6 Å². The van der Waals surface area contributed by atoms with E-state index in [-0.39, 0.29) is 30.0 Å². The molecule has 1 amide bonds. The highest BCUT2D eigenvalue weighted by Crippen LogP contribution is 2.33. The van der Waals surface area contributed by atoms with Crippen LogP contribution < -0.4 is 5.32 Å². The molecule has 1 saturated carbocycles. The number of hydrogen-bond acceptors (Lipinski definition) is 3. The second-order valence-electron chi connectivity index (χ2n) is 4.81. The van der Waals surface area contributed by atoms with Crippen LogP contribution in [0.1, 0.15) is 19.3 Å². The third-order valence-corrected chi connectivity index (χ3v) is 5.49. The summed E-state index contributed by atoms with van der Waals surface area (Å²) in [4.78, 5) is 11.1. The summed E-state index contributed by atoms with van der Waals surface area (Å²) in [6.07, 6.45) is 2.39. The zero-order valence-electron chi connectivity index (χ0n) is 10.9. The lowest BCUT2D eigenvalue weighted by atomic mass is 10.00. The predicted molar refractivity (Wildman–Crippen MR) is 67.3 cm³/mol. The van der Waals surface area contributed by atoms with Crippen molar-refractivity contribution in [2.45, 2.75) is 19.3 Å². The first-order valence-corrected chi connectivity index (χ1v) is 7.72. The van der Waals surface area contributed by atoms with Gasteiger partial charge in [0.2, 0.25) is 15.9 Å². The normalized spacial score (nSPS) is 24.4. The van der Waals surface area contributed by atoms with Crippen LogP contribution in [0.25, 0.3) is 0 Å². The van der Waals surface area contributed by atoms with Crippen molar-refractivity contribution in [3.63, 3.8) is 0 Å². The Morgan fingerprint density at radius 1 is 1.39 bits per heavy atom. The van der Waals surface area contributed by atoms with Gasteiger partial charge in [0.05, 0.1) is 19.0 Å². The van der Waals surface area contributed by atoms with E-state index >= 15 is 0 Å². The fraction of sp³-hybridized carbons (Fsp3) is 0.909. The molecule has 0 saturated heterocycles. The Kier molecular flexibility index (Phi) is 5.52. The third-order valence-electron chi connectivity index (χ3n) is 3.56. The lowest BCUT2D eigenvalue weighted by Crippen LogP contribution is -2.39. The Balaban J connectivity index is 2.61. The molecular weight excluding hydrogens is 259 g/mol. The minimum absolute atomic E-state index is 0.0604. The lowest BCUT2D eigenvalue weighted by molar-refractivity contribution is -0.120. The summed E-state index contributed by atoms with van der Waals surface area (Å²) in [5.41, 5.74) is 0. The zero-order chi connectivity index (χ0) is 13.8. The van der Waals surface area contributed by atoms with Crippen LogP contribution in [0, 0.1) is 11.8 Å². The van der Waals surface area contributed by atoms with Gasteiger partial charge in [-0.15, -0.1) is 0 Å². The molecule has 0 aromatic rings. The van der Waals surface area contributed by atoms with Gasteiger partial charge in [-0.25, -0.2) is 8.42 Å². The summed E-state index contributed by atoms with van der Waals surface area (Å²) < 4.78 is 37.8. The highest BCUT2D eigenvalue weighted by Gasteiger charge is 2.33. The van der Waals surface area contributed by atoms with Crippen molar-refractivity contribution in [2.75, 3.05) is 33.1 Å². The van der Waals surface area contributed by atoms with Gasteiger partial charge in [-0.2, -0.15) is 4.31 Å². The molecule has 0 heterocycles. The average Bonchev–Trinajstić information content (AvgIpc) is 2.75. The number of sulfonamides is 1. The monoisotopic (exact) mass is 280 g/mol. The lowest BCUT2D eigenvalue weighted by Gasteiger charge is -2.21. The van der Waals surface area contributed by atoms with Crippen molar-refractivity contribution in [1.82, 2.24) is 9.62 Å². The molecule has 1 fully saturated rings. The summed E-state index contributed by atoms with van der Waals surface area (Å²) in [7, 11) is -0.650. The number of rotatable bonds is 6. The average molecular weight is 280 g/mol. The Morgan fingerprint density at radius 2 is 2.00 bits per heavy atom. The summed E-state index contributed by atoms with van der Waals surface area (Å²) in [5.74, 6) is -0.676. The number of hydrogen-bond donors (Lipinski definition) is 1. The van der Waals surface area contributed by atoms with Crippen LogP contribution in [0.3, 0.4) is 0 Å². The number of nitrogens with zero attached hydrogens (tertiary/aromatic N) is 1. The smallest absolute Gasteiger partial charge is 0.235 e. The Bertz CT molecular complexity index is 386. The largest absolute Gasteiger partial charge is 0.358 e. The van der Waals surface area contributed by atoms with E-state index in [0.717, 1.165) is 23.6 Å². The molecule has 0 unspecified atom stereocenters. The molecule has 18 heavy (non-hydrogen) atoms. The van der Waals surface area contributed by atoms with Crippen LogP contribution >= 0.6 is 0 Å². The van der Waals surface area contributed by atoms with Gasteiger partial charge >= 0.3 is 0 Å². The fourth-order valence-corrected chi connectivity index (χ4v) is 3.86. The van der Waals surface area contributed by atoms with Gasteiger partial charge in [0.25, 0.3) is 0 Å². The molecule has 0 aromatic heterocycles. The van der Waals surface area contributed by atoms with Gasteiger partial charge in [0.15, 0.2) is 0 Å². The van der Waals surface area contributed by atoms with Gasteiger partial charge in [0.1, 0.15) is 0 Å². The van der Waals surface area contributed by atoms with Crippen molar-refractivity contribution in [3.8, 4) is 0 Å². The Labute approximate surface area is 108 Å². The maximum Gasteiger partial charge on any atom is 0.235 e. The highest BCUT2D eigenvalue weighted by atomic mass is 32.2. The second kappa shape index (κ2) is 6.47. The number of alkyl halides is 1. The Hall–Kier alpha value is -0.690. The summed E-state index contributed by atoms with van der Waals surface area (Å²) in [5, 5.41) is 2.38. The second-order valence-corrected chi connectivity index (χ2v) is 6.93. The van der Waals surface area contributed by atoms with Crippen LogP contribution in [0.4, 0.5) is 4.39 Å². The SMILES string of the molecule is CNC(=O)CN(C)S(=O)(=O)C[C@@H]1CCC[C@H]1CF. The van der Waals surface area contributed by atoms with Crippen molar-refractivity contribution >= 4 is 15.9 Å². The molecule has 1 aliphatic carbocycles. The van der Waals surface area contributed by atoms with E-state index in [1.807, 2.05) is 0 Å². The molecule has 0 spiro atoms. The summed E-state index contributed by atoms with van der Waals surface area (Å²) in [6.45, 7) is -0.648. The third kappa shape index (κ3) is 3.91. The van der Waals surface area contributed by atoms with Gasteiger partial charge in [-0.05, 0) is 24.7 Å². The highest BCUT2D eigenvalue weighted by molar-refractivity contribution is 7.89. The van der Waals surface area contributed by atoms with E-state index in [0.29, 0.717) is 0 Å². The maximum atomic E-state index is 12.7. The molecule has 1 aliphatic rings. The van der Waals surface area contributed by atoms with Gasteiger partial charge < -0.3 is 5.32 Å². The van der Waals surface area contributed by atoms with Gasteiger partial charge in [-0.1, -0.05) is 6.42 Å². The van der Waals surface area contributed by atoms with Crippen LogP contribution in [-0.4, -0.2) is 51.7 Å². The van der Waals surface area contributed by atoms with E-state index in [1.54, 1.807) is 0 Å². The number of carbonyl (C=O) groups excluding carboxylic acids is 1. The number of carbonyl (C=O) groups is 1. The van der Waals surface area contributed by atoms with Crippen LogP contribution in [0.15, 0.2) is 0 Å². The molecule has 0 radical (unpaired) electrons. The number of nitrogens with one attached hydrogen (secondary N) is 1. The molecule has 0 aromatic carbocycles. The standard InChI is InChI=1S/C11H21FN2O3S/c1-13-11(15)7-14(2)18(16,17)8-10-5-3-4-9(10)6-12/h9-10H,3-8H2,1-2H3,(H,13,15)/t9-,10-/m0/s1. The van der Waals surface area contributed by atoms with Crippen LogP contribution in [0.5, 0.6) is 0 Å². The van der Waals surface area contributed by atoms with E-state index in [9.17, 15) is 17.6 Å². The molecule has 0 bridgehead atoms. The first-order chi connectivity index (χ1) is 8.40. The van der Waals surface area contributed by atoms with Gasteiger partial charge in [-0.3, -0.25) is 9.18 Å². The number of likely N-dealkylation sites (N-methyl/N-ethyl adjacent to an activating group) is 2. The molecule has 106 valence electrons. The van der Waals surface area contributed by atoms with E-state index in [2.05, 4.69) is 5.32 Å². The van der Waals surface area contributed by atoms with Crippen LogP contribution in [-0.2, 0) is 14.8 Å². The number of halogens is 1. The summed E-state index contributed by atoms with van der Waals surface area (Å²) in [6, 6.07) is 0. The molecule has 2 atom stereocenters. The maximum absolute atomic E-state index is 12.7. The molecule has 1 N–H and O–H groups in total. The summed E-state index contributed by atoms with van der Waals surface area (Å²) >= 11 is 0. The van der Waals surface area contributed by atoms with E-state index in [1.165, 1.54) is 14.1 Å². The quantitative estimate of drug-likeness (QED) is 0.765. The minimum Gasteiger partial charge on any atom is -0.358 e. The number of amides is 1. The first-order valence-electron chi connectivity index (χ1n) is 6.11. The van der Waals surface area contributed by atoms with Crippen LogP contribution in [0.2, 0.25) is 0 Å². The topological polar surface area (TPSA) is 66.5 Å². The first kappa shape index (κ1) is 15.4. The molecular formula is C11H21FN2O3S. The van der Waals surface area contributed by atoms with Gasteiger partial charge in [0, 0.05) is 14.1 Å². The molecule has 1 rings (SSSR count). The molecule has 7 heteroatoms. The van der Waals surface area contributed by atoms with Crippen molar-refractivity contribution in [2.24, 2.45) is 11.8 Å². The van der Waals surface area contributed by atoms with Crippen molar-refractivity contribution in [3.05, 3.63) is 0 Å². The van der Waals surface area contributed by atoms with Crippen molar-refractivity contribution in [1.29, 1.82) is 0 Å². The molecule has 5 nitrogen and oxygen atoms in total. The van der Waals surface area contributed by atoms with E-state index < -0.39 is 16.7 Å².